The fraction of sp³-hybridized carbons (Fsp3) is 0.160. The fourth-order valence-corrected chi connectivity index (χ4v) is 4.73. The number of carboxylic acids is 1. The summed E-state index contributed by atoms with van der Waals surface area (Å²) in [5.41, 5.74) is -0.610. The minimum atomic E-state index is -4.68. The van der Waals surface area contributed by atoms with Crippen LogP contribution in [0.15, 0.2) is 65.5 Å². The lowest BCUT2D eigenvalue weighted by Crippen LogP contribution is -2.29. The Morgan fingerprint density at radius 1 is 1.05 bits per heavy atom. The maximum atomic E-state index is 13.4. The zero-order chi connectivity index (χ0) is 27.8. The molecule has 4 rings (SSSR count). The zero-order valence-corrected chi connectivity index (χ0v) is 22.1. The average Bonchev–Trinajstić information content (AvgIpc) is 3.22. The van der Waals surface area contributed by atoms with Gasteiger partial charge in [0.2, 0.25) is 0 Å². The van der Waals surface area contributed by atoms with E-state index in [2.05, 4.69) is 10.4 Å². The van der Waals surface area contributed by atoms with Gasteiger partial charge in [-0.1, -0.05) is 30.3 Å². The molecule has 38 heavy (non-hydrogen) atoms. The van der Waals surface area contributed by atoms with Crippen LogP contribution >= 0.6 is 22.6 Å². The number of aromatic nitrogens is 4. The summed E-state index contributed by atoms with van der Waals surface area (Å²) in [4.78, 5) is 39.0. The van der Waals surface area contributed by atoms with Crippen LogP contribution in [-0.2, 0) is 12.7 Å². The van der Waals surface area contributed by atoms with Gasteiger partial charge in [-0.05, 0) is 81.4 Å². The van der Waals surface area contributed by atoms with Crippen LogP contribution in [0, 0.1) is 10.5 Å². The molecular formula is C25H19F3IN5O4. The minimum Gasteiger partial charge on any atom is -0.478 e. The summed E-state index contributed by atoms with van der Waals surface area (Å²) in [5, 5.41) is 16.9. The second kappa shape index (κ2) is 10.4. The molecule has 0 aliphatic rings. The number of hydrogen-bond donors (Lipinski definition) is 1. The number of carbonyl (C=O) groups is 2. The molecule has 3 aromatic carbocycles. The van der Waals surface area contributed by atoms with Gasteiger partial charge in [-0.2, -0.15) is 22.5 Å². The molecule has 1 aromatic heterocycles. The number of anilines is 1. The normalized spacial score (nSPS) is 11.4. The number of hydrogen-bond acceptors (Lipinski definition) is 5. The first-order valence-electron chi connectivity index (χ1n) is 11.0. The van der Waals surface area contributed by atoms with E-state index in [-0.39, 0.29) is 17.7 Å². The monoisotopic (exact) mass is 637 g/mol. The molecule has 0 aliphatic carbocycles. The number of aryl methyl sites for hydroxylation is 1. The van der Waals surface area contributed by atoms with Gasteiger partial charge < -0.3 is 10.0 Å². The fourth-order valence-electron chi connectivity index (χ4n) is 4.00. The Hall–Kier alpha value is -4.01. The number of carbonyl (C=O) groups excluding carboxylic acids is 1. The van der Waals surface area contributed by atoms with Crippen LogP contribution in [0.1, 0.15) is 37.4 Å². The molecule has 0 fully saturated rings. The van der Waals surface area contributed by atoms with Crippen molar-refractivity contribution in [2.45, 2.75) is 19.6 Å². The molecule has 13 heteroatoms. The van der Waals surface area contributed by atoms with Gasteiger partial charge in [0.05, 0.1) is 28.9 Å². The predicted molar refractivity (Wildman–Crippen MR) is 140 cm³/mol. The number of carboxylic acid groups (broad SMARTS) is 1. The number of nitrogens with zero attached hydrogens (tertiary/aromatic N) is 5. The molecule has 196 valence electrons. The molecule has 0 bridgehead atoms. The van der Waals surface area contributed by atoms with E-state index in [1.807, 2.05) is 22.6 Å². The first-order chi connectivity index (χ1) is 17.9. The van der Waals surface area contributed by atoms with Gasteiger partial charge in [-0.3, -0.25) is 4.79 Å². The molecule has 0 radical (unpaired) electrons. The number of halogens is 4. The molecule has 0 atom stereocenters. The average molecular weight is 637 g/mol. The molecular weight excluding hydrogens is 618 g/mol. The van der Waals surface area contributed by atoms with Crippen molar-refractivity contribution in [2.75, 3.05) is 11.9 Å². The summed E-state index contributed by atoms with van der Waals surface area (Å²) >= 11 is 1.86. The van der Waals surface area contributed by atoms with E-state index in [4.69, 9.17) is 0 Å². The summed E-state index contributed by atoms with van der Waals surface area (Å²) in [5.74, 6) is -1.73. The lowest BCUT2D eigenvalue weighted by molar-refractivity contribution is -0.137. The number of tetrazole rings is 1. The highest BCUT2D eigenvalue weighted by molar-refractivity contribution is 14.1. The Morgan fingerprint density at radius 2 is 1.76 bits per heavy atom. The van der Waals surface area contributed by atoms with Gasteiger partial charge in [0.25, 0.3) is 5.91 Å². The Kier molecular flexibility index (Phi) is 7.40. The van der Waals surface area contributed by atoms with Gasteiger partial charge in [-0.15, -0.1) is 0 Å². The third kappa shape index (κ3) is 5.18. The maximum Gasteiger partial charge on any atom is 0.418 e. The van der Waals surface area contributed by atoms with E-state index >= 15 is 0 Å². The van der Waals surface area contributed by atoms with Crippen LogP contribution in [0.4, 0.5) is 18.9 Å². The van der Waals surface area contributed by atoms with Crippen LogP contribution in [0.2, 0.25) is 0 Å². The van der Waals surface area contributed by atoms with Crippen molar-refractivity contribution in [3.05, 3.63) is 103 Å². The smallest absolute Gasteiger partial charge is 0.418 e. The molecule has 1 heterocycles. The predicted octanol–water partition coefficient (Wildman–Crippen LogP) is 4.38. The second-order valence-corrected chi connectivity index (χ2v) is 9.46. The van der Waals surface area contributed by atoms with Gasteiger partial charge in [-0.25, -0.2) is 9.59 Å². The van der Waals surface area contributed by atoms with E-state index in [1.54, 1.807) is 37.3 Å². The topological polar surface area (TPSA) is 110 Å². The summed E-state index contributed by atoms with van der Waals surface area (Å²) in [6.07, 6.45) is -4.68. The molecule has 0 saturated carbocycles. The number of amides is 1. The van der Waals surface area contributed by atoms with Crippen molar-refractivity contribution in [1.29, 1.82) is 0 Å². The number of para-hydroxylation sites is 1. The minimum absolute atomic E-state index is 0.0395. The standard InChI is InChI=1S/C25H19F3IN5O4/c1-14-12-15(10-11-19(14)32(2)22(35)16-6-5-8-18(29)21(16)23(36)37)13-33-24(38)34(31-30-33)20-9-4-3-7-17(20)25(26,27)28/h3-12H,13H2,1-2H3,(H,36,37). The largest absolute Gasteiger partial charge is 0.478 e. The third-order valence-corrected chi connectivity index (χ3v) is 6.69. The molecule has 0 aliphatic heterocycles. The van der Waals surface area contributed by atoms with Crippen molar-refractivity contribution in [3.8, 4) is 5.69 Å². The lowest BCUT2D eigenvalue weighted by atomic mass is 10.0. The summed E-state index contributed by atoms with van der Waals surface area (Å²) in [7, 11) is 1.52. The van der Waals surface area contributed by atoms with E-state index in [1.165, 1.54) is 30.1 Å². The first-order valence-corrected chi connectivity index (χ1v) is 12.1. The SMILES string of the molecule is Cc1cc(Cn2nnn(-c3ccccc3C(F)(F)F)c2=O)ccc1N(C)C(=O)c1cccc(I)c1C(=O)O. The quantitative estimate of drug-likeness (QED) is 0.315. The van der Waals surface area contributed by atoms with Crippen LogP contribution in [0.3, 0.4) is 0 Å². The van der Waals surface area contributed by atoms with E-state index in [9.17, 15) is 32.7 Å². The van der Waals surface area contributed by atoms with Crippen molar-refractivity contribution in [1.82, 2.24) is 19.8 Å². The van der Waals surface area contributed by atoms with Crippen molar-refractivity contribution < 1.29 is 27.9 Å². The molecule has 4 aromatic rings. The van der Waals surface area contributed by atoms with Crippen LogP contribution in [-0.4, -0.2) is 43.8 Å². The van der Waals surface area contributed by atoms with Gasteiger partial charge in [0.1, 0.15) is 0 Å². The van der Waals surface area contributed by atoms with Crippen molar-refractivity contribution >= 4 is 40.2 Å². The molecule has 0 unspecified atom stereocenters. The second-order valence-electron chi connectivity index (χ2n) is 8.30. The Labute approximate surface area is 227 Å². The number of rotatable bonds is 6. The molecule has 1 amide bonds. The summed E-state index contributed by atoms with van der Waals surface area (Å²) in [6.45, 7) is 1.65. The van der Waals surface area contributed by atoms with Gasteiger partial charge in [0, 0.05) is 16.3 Å². The third-order valence-electron chi connectivity index (χ3n) is 5.79. The van der Waals surface area contributed by atoms with Crippen LogP contribution in [0.25, 0.3) is 5.69 Å². The van der Waals surface area contributed by atoms with Gasteiger partial charge >= 0.3 is 17.8 Å². The molecule has 1 N–H and O–H groups in total. The van der Waals surface area contributed by atoms with E-state index in [0.717, 1.165) is 16.8 Å². The highest BCUT2D eigenvalue weighted by Gasteiger charge is 2.34. The van der Waals surface area contributed by atoms with Crippen LogP contribution < -0.4 is 10.6 Å². The number of alkyl halides is 3. The highest BCUT2D eigenvalue weighted by Crippen LogP contribution is 2.33. The lowest BCUT2D eigenvalue weighted by Gasteiger charge is -2.21. The van der Waals surface area contributed by atoms with E-state index < -0.39 is 35.0 Å². The zero-order valence-electron chi connectivity index (χ0n) is 19.9. The first kappa shape index (κ1) is 27.0. The Bertz CT molecular complexity index is 1610. The maximum absolute atomic E-state index is 13.4. The Balaban J connectivity index is 1.61. The molecule has 0 spiro atoms. The molecule has 0 saturated heterocycles. The van der Waals surface area contributed by atoms with Crippen molar-refractivity contribution in [3.63, 3.8) is 0 Å². The summed E-state index contributed by atoms with van der Waals surface area (Å²) in [6, 6.07) is 14.2. The number of aromatic carboxylic acids is 1. The Morgan fingerprint density at radius 3 is 2.42 bits per heavy atom. The number of benzene rings is 3. The van der Waals surface area contributed by atoms with E-state index in [0.29, 0.717) is 25.1 Å². The van der Waals surface area contributed by atoms with Crippen LogP contribution in [0.5, 0.6) is 0 Å². The highest BCUT2D eigenvalue weighted by atomic mass is 127. The molecule has 9 nitrogen and oxygen atoms in total. The van der Waals surface area contributed by atoms with Crippen molar-refractivity contribution in [2.24, 2.45) is 0 Å². The summed E-state index contributed by atoms with van der Waals surface area (Å²) < 4.78 is 42.1. The van der Waals surface area contributed by atoms with Gasteiger partial charge in [0.15, 0.2) is 0 Å².